The molecule has 0 aliphatic rings. The molecule has 0 bridgehead atoms. The van der Waals surface area contributed by atoms with E-state index in [-0.39, 0.29) is 4.83 Å². The third-order valence-electron chi connectivity index (χ3n) is 3.27. The van der Waals surface area contributed by atoms with Crippen LogP contribution < -0.4 is 0 Å². The van der Waals surface area contributed by atoms with Gasteiger partial charge in [-0.1, -0.05) is 88.2 Å². The maximum absolute atomic E-state index is 6.26. The Kier molecular flexibility index (Phi) is 3.58. The van der Waals surface area contributed by atoms with Crippen LogP contribution in [0.3, 0.4) is 0 Å². The van der Waals surface area contributed by atoms with Gasteiger partial charge in [0.25, 0.3) is 0 Å². The van der Waals surface area contributed by atoms with Gasteiger partial charge in [0.15, 0.2) is 0 Å². The average Bonchev–Trinajstić information content (AvgIpc) is 2.48. The van der Waals surface area contributed by atoms with Gasteiger partial charge in [0, 0.05) is 10.4 Å². The van der Waals surface area contributed by atoms with Crippen molar-refractivity contribution in [2.75, 3.05) is 0 Å². The summed E-state index contributed by atoms with van der Waals surface area (Å²) in [7, 11) is 0. The monoisotopic (exact) mass is 330 g/mol. The van der Waals surface area contributed by atoms with Gasteiger partial charge < -0.3 is 0 Å². The zero-order chi connectivity index (χ0) is 13.2. The highest BCUT2D eigenvalue weighted by atomic mass is 79.9. The third kappa shape index (κ3) is 2.41. The van der Waals surface area contributed by atoms with Crippen molar-refractivity contribution < 1.29 is 0 Å². The van der Waals surface area contributed by atoms with Crippen molar-refractivity contribution in [2.45, 2.75) is 4.83 Å². The van der Waals surface area contributed by atoms with E-state index in [4.69, 9.17) is 11.6 Å². The topological polar surface area (TPSA) is 0 Å². The lowest BCUT2D eigenvalue weighted by atomic mass is 9.98. The molecular formula is C17H12BrCl. The largest absolute Gasteiger partial charge is 0.0837 e. The fourth-order valence-electron chi connectivity index (χ4n) is 2.31. The number of benzene rings is 3. The third-order valence-corrected chi connectivity index (χ3v) is 4.62. The van der Waals surface area contributed by atoms with Gasteiger partial charge >= 0.3 is 0 Å². The van der Waals surface area contributed by atoms with Gasteiger partial charge in [-0.05, 0) is 22.6 Å². The van der Waals surface area contributed by atoms with E-state index < -0.39 is 0 Å². The SMILES string of the molecule is Clc1ccc(C(Br)c2ccccc2)c2ccccc12. The molecule has 3 aromatic rings. The minimum absolute atomic E-state index is 0.177. The first-order valence-corrected chi connectivity index (χ1v) is 7.43. The summed E-state index contributed by atoms with van der Waals surface area (Å²) in [4.78, 5) is 0.177. The molecule has 0 aliphatic carbocycles. The Morgan fingerprint density at radius 3 is 2.11 bits per heavy atom. The van der Waals surface area contributed by atoms with Crippen LogP contribution in [0.4, 0.5) is 0 Å². The maximum Gasteiger partial charge on any atom is 0.0650 e. The molecule has 0 spiro atoms. The molecule has 0 saturated heterocycles. The van der Waals surface area contributed by atoms with Crippen LogP contribution in [0.25, 0.3) is 10.8 Å². The summed E-state index contributed by atoms with van der Waals surface area (Å²) in [5, 5.41) is 3.09. The zero-order valence-corrected chi connectivity index (χ0v) is 12.5. The molecule has 1 atom stereocenters. The average molecular weight is 332 g/mol. The van der Waals surface area contributed by atoms with Crippen LogP contribution in [0.1, 0.15) is 16.0 Å². The van der Waals surface area contributed by atoms with Crippen molar-refractivity contribution in [3.05, 3.63) is 82.9 Å². The van der Waals surface area contributed by atoms with Gasteiger partial charge in [0.2, 0.25) is 0 Å². The van der Waals surface area contributed by atoms with E-state index in [1.54, 1.807) is 0 Å². The quantitative estimate of drug-likeness (QED) is 0.507. The van der Waals surface area contributed by atoms with E-state index >= 15 is 0 Å². The van der Waals surface area contributed by atoms with Gasteiger partial charge in [-0.15, -0.1) is 0 Å². The molecule has 0 heterocycles. The van der Waals surface area contributed by atoms with Gasteiger partial charge in [-0.25, -0.2) is 0 Å². The second-order valence-corrected chi connectivity index (χ2v) is 5.78. The summed E-state index contributed by atoms with van der Waals surface area (Å²) < 4.78 is 0. The summed E-state index contributed by atoms with van der Waals surface area (Å²) in [6.07, 6.45) is 0. The molecule has 0 radical (unpaired) electrons. The molecule has 0 amide bonds. The Bertz CT molecular complexity index is 707. The fourth-order valence-corrected chi connectivity index (χ4v) is 3.24. The fraction of sp³-hybridized carbons (Fsp3) is 0.0588. The second-order valence-electron chi connectivity index (χ2n) is 4.46. The Labute approximate surface area is 126 Å². The van der Waals surface area contributed by atoms with Gasteiger partial charge in [0.05, 0.1) is 4.83 Å². The number of rotatable bonds is 2. The summed E-state index contributed by atoms with van der Waals surface area (Å²) in [6.45, 7) is 0. The molecule has 0 aromatic heterocycles. The Hall–Kier alpha value is -1.31. The first-order valence-electron chi connectivity index (χ1n) is 6.13. The minimum Gasteiger partial charge on any atom is -0.0837 e. The molecule has 0 fully saturated rings. The molecule has 0 saturated carbocycles. The van der Waals surface area contributed by atoms with E-state index in [1.165, 1.54) is 16.5 Å². The van der Waals surface area contributed by atoms with Crippen LogP contribution in [-0.4, -0.2) is 0 Å². The van der Waals surface area contributed by atoms with E-state index in [0.29, 0.717) is 0 Å². The number of hydrogen-bond donors (Lipinski definition) is 0. The van der Waals surface area contributed by atoms with Crippen LogP contribution in [0, 0.1) is 0 Å². The highest BCUT2D eigenvalue weighted by Crippen LogP contribution is 2.37. The normalized spacial score (nSPS) is 12.5. The van der Waals surface area contributed by atoms with Crippen LogP contribution in [-0.2, 0) is 0 Å². The van der Waals surface area contributed by atoms with Crippen molar-refractivity contribution in [1.29, 1.82) is 0 Å². The molecule has 94 valence electrons. The first-order chi connectivity index (χ1) is 9.27. The van der Waals surface area contributed by atoms with Gasteiger partial charge in [0.1, 0.15) is 0 Å². The number of alkyl halides is 1. The predicted molar refractivity (Wildman–Crippen MR) is 86.2 cm³/mol. The Morgan fingerprint density at radius 1 is 0.737 bits per heavy atom. The molecule has 19 heavy (non-hydrogen) atoms. The van der Waals surface area contributed by atoms with E-state index in [9.17, 15) is 0 Å². The minimum atomic E-state index is 0.177. The standard InChI is InChI=1S/C17H12BrCl/c18-17(12-6-2-1-3-7-12)15-10-11-16(19)14-9-5-4-8-13(14)15/h1-11,17H. The number of fused-ring (bicyclic) bond motifs is 1. The number of halogens is 2. The highest BCUT2D eigenvalue weighted by molar-refractivity contribution is 9.09. The molecule has 0 aliphatic heterocycles. The van der Waals surface area contributed by atoms with Crippen molar-refractivity contribution in [3.8, 4) is 0 Å². The lowest BCUT2D eigenvalue weighted by Crippen LogP contribution is -1.94. The number of hydrogen-bond acceptors (Lipinski definition) is 0. The Morgan fingerprint density at radius 2 is 1.37 bits per heavy atom. The summed E-state index contributed by atoms with van der Waals surface area (Å²) >= 11 is 10.1. The second kappa shape index (κ2) is 5.36. The molecule has 3 aromatic carbocycles. The summed E-state index contributed by atoms with van der Waals surface area (Å²) in [5.41, 5.74) is 2.49. The van der Waals surface area contributed by atoms with Crippen LogP contribution in [0.2, 0.25) is 5.02 Å². The molecule has 2 heteroatoms. The lowest BCUT2D eigenvalue weighted by molar-refractivity contribution is 1.20. The predicted octanol–water partition coefficient (Wildman–Crippen LogP) is 5.98. The Balaban J connectivity index is 2.18. The van der Waals surface area contributed by atoms with E-state index in [2.05, 4.69) is 58.4 Å². The van der Waals surface area contributed by atoms with E-state index in [1.807, 2.05) is 24.3 Å². The van der Waals surface area contributed by atoms with Crippen molar-refractivity contribution in [1.82, 2.24) is 0 Å². The lowest BCUT2D eigenvalue weighted by Gasteiger charge is -2.14. The van der Waals surface area contributed by atoms with Crippen molar-refractivity contribution in [2.24, 2.45) is 0 Å². The van der Waals surface area contributed by atoms with Gasteiger partial charge in [-0.2, -0.15) is 0 Å². The summed E-state index contributed by atoms with van der Waals surface area (Å²) in [6, 6.07) is 22.7. The molecule has 3 rings (SSSR count). The smallest absolute Gasteiger partial charge is 0.0650 e. The highest BCUT2D eigenvalue weighted by Gasteiger charge is 2.13. The zero-order valence-electron chi connectivity index (χ0n) is 10.2. The molecule has 0 nitrogen and oxygen atoms in total. The molecular weight excluding hydrogens is 320 g/mol. The first kappa shape index (κ1) is 12.7. The van der Waals surface area contributed by atoms with Crippen molar-refractivity contribution >= 4 is 38.3 Å². The van der Waals surface area contributed by atoms with Crippen LogP contribution in [0.15, 0.2) is 66.7 Å². The summed E-state index contributed by atoms with van der Waals surface area (Å²) in [5.74, 6) is 0. The van der Waals surface area contributed by atoms with E-state index in [0.717, 1.165) is 10.4 Å². The maximum atomic E-state index is 6.26. The van der Waals surface area contributed by atoms with Crippen LogP contribution in [0.5, 0.6) is 0 Å². The van der Waals surface area contributed by atoms with Crippen LogP contribution >= 0.6 is 27.5 Å². The van der Waals surface area contributed by atoms with Gasteiger partial charge in [-0.3, -0.25) is 0 Å². The molecule has 0 N–H and O–H groups in total. The molecule has 1 unspecified atom stereocenters. The van der Waals surface area contributed by atoms with Crippen molar-refractivity contribution in [3.63, 3.8) is 0 Å².